The second-order valence-electron chi connectivity index (χ2n) is 3.24. The Hall–Kier alpha value is -1.04. The first-order valence-corrected chi connectivity index (χ1v) is 4.47. The van der Waals surface area contributed by atoms with Crippen molar-refractivity contribution in [2.24, 2.45) is 0 Å². The molecule has 0 saturated carbocycles. The van der Waals surface area contributed by atoms with Crippen LogP contribution in [-0.4, -0.2) is 0 Å². The van der Waals surface area contributed by atoms with Crippen molar-refractivity contribution < 1.29 is 0 Å². The number of allylic oxidation sites excluding steroid dienone is 8. The Kier molecular flexibility index (Phi) is 3.09. The quantitative estimate of drug-likeness (QED) is 0.547. The van der Waals surface area contributed by atoms with E-state index >= 15 is 0 Å². The Labute approximate surface area is 75.0 Å². The molecule has 64 valence electrons. The van der Waals surface area contributed by atoms with E-state index in [2.05, 4.69) is 51.2 Å². The van der Waals surface area contributed by atoms with Gasteiger partial charge in [0.15, 0.2) is 0 Å². The fraction of sp³-hybridized carbons (Fsp3) is 0.333. The minimum absolute atomic E-state index is 1.11. The summed E-state index contributed by atoms with van der Waals surface area (Å²) in [5.41, 5.74) is 4.09. The zero-order chi connectivity index (χ0) is 8.97. The van der Waals surface area contributed by atoms with Crippen molar-refractivity contribution in [2.75, 3.05) is 0 Å². The van der Waals surface area contributed by atoms with Crippen LogP contribution in [0.15, 0.2) is 47.1 Å². The van der Waals surface area contributed by atoms with Crippen LogP contribution >= 0.6 is 0 Å². The van der Waals surface area contributed by atoms with Gasteiger partial charge in [-0.25, -0.2) is 0 Å². The van der Waals surface area contributed by atoms with Gasteiger partial charge in [0.05, 0.1) is 0 Å². The average molecular weight is 160 g/mol. The second-order valence-corrected chi connectivity index (χ2v) is 3.24. The summed E-state index contributed by atoms with van der Waals surface area (Å²) >= 11 is 0. The maximum Gasteiger partial charge on any atom is -0.0270 e. The highest BCUT2D eigenvalue weighted by molar-refractivity contribution is 5.42. The maximum atomic E-state index is 2.20. The van der Waals surface area contributed by atoms with Crippen LogP contribution in [-0.2, 0) is 0 Å². The summed E-state index contributed by atoms with van der Waals surface area (Å²) in [5, 5.41) is 0. The van der Waals surface area contributed by atoms with E-state index in [1.165, 1.54) is 16.7 Å². The Morgan fingerprint density at radius 3 is 2.50 bits per heavy atom. The molecule has 0 amide bonds. The van der Waals surface area contributed by atoms with Gasteiger partial charge < -0.3 is 0 Å². The van der Waals surface area contributed by atoms with Crippen molar-refractivity contribution in [2.45, 2.75) is 27.2 Å². The van der Waals surface area contributed by atoms with E-state index in [0.29, 0.717) is 0 Å². The Morgan fingerprint density at radius 1 is 1.17 bits per heavy atom. The van der Waals surface area contributed by atoms with Gasteiger partial charge in [0, 0.05) is 0 Å². The highest BCUT2D eigenvalue weighted by Gasteiger charge is 1.94. The van der Waals surface area contributed by atoms with Gasteiger partial charge in [-0.2, -0.15) is 0 Å². The molecule has 0 radical (unpaired) electrons. The van der Waals surface area contributed by atoms with Crippen molar-refractivity contribution in [1.82, 2.24) is 0 Å². The zero-order valence-corrected chi connectivity index (χ0v) is 8.09. The van der Waals surface area contributed by atoms with Gasteiger partial charge in [0.2, 0.25) is 0 Å². The SMILES string of the molecule is CCC1=CC=CC(=C(C)C)C=C1. The molecular weight excluding hydrogens is 144 g/mol. The first-order chi connectivity index (χ1) is 5.74. The Balaban J connectivity index is 2.91. The van der Waals surface area contributed by atoms with Crippen LogP contribution in [0.3, 0.4) is 0 Å². The van der Waals surface area contributed by atoms with E-state index in [4.69, 9.17) is 0 Å². The molecule has 0 heteroatoms. The highest BCUT2D eigenvalue weighted by Crippen LogP contribution is 2.14. The lowest BCUT2D eigenvalue weighted by Gasteiger charge is -1.95. The maximum absolute atomic E-state index is 2.20. The fourth-order valence-corrected chi connectivity index (χ4v) is 1.15. The average Bonchev–Trinajstić information content (AvgIpc) is 2.28. The van der Waals surface area contributed by atoms with Gasteiger partial charge in [-0.1, -0.05) is 42.9 Å². The van der Waals surface area contributed by atoms with Gasteiger partial charge in [0.1, 0.15) is 0 Å². The van der Waals surface area contributed by atoms with E-state index in [0.717, 1.165) is 6.42 Å². The van der Waals surface area contributed by atoms with E-state index in [1.54, 1.807) is 0 Å². The summed E-state index contributed by atoms with van der Waals surface area (Å²) in [4.78, 5) is 0. The number of hydrogen-bond acceptors (Lipinski definition) is 0. The Morgan fingerprint density at radius 2 is 1.92 bits per heavy atom. The van der Waals surface area contributed by atoms with Crippen LogP contribution in [0.4, 0.5) is 0 Å². The molecule has 1 rings (SSSR count). The van der Waals surface area contributed by atoms with Crippen LogP contribution in [0.2, 0.25) is 0 Å². The van der Waals surface area contributed by atoms with E-state index < -0.39 is 0 Å². The molecule has 0 aromatic heterocycles. The molecule has 0 fully saturated rings. The van der Waals surface area contributed by atoms with Crippen molar-refractivity contribution in [1.29, 1.82) is 0 Å². The topological polar surface area (TPSA) is 0 Å². The molecule has 0 N–H and O–H groups in total. The standard InChI is InChI=1S/C12H16/c1-4-11-6-5-7-12(9-8-11)10(2)3/h5-9H,4H2,1-3H3. The third-order valence-corrected chi connectivity index (χ3v) is 2.05. The van der Waals surface area contributed by atoms with Crippen molar-refractivity contribution >= 4 is 0 Å². The van der Waals surface area contributed by atoms with Crippen LogP contribution in [0.1, 0.15) is 27.2 Å². The van der Waals surface area contributed by atoms with Crippen LogP contribution in [0.5, 0.6) is 0 Å². The molecule has 0 heterocycles. The Bertz CT molecular complexity index is 268. The normalized spacial score (nSPS) is 15.9. The lowest BCUT2D eigenvalue weighted by molar-refractivity contribution is 1.15. The van der Waals surface area contributed by atoms with Crippen molar-refractivity contribution in [3.63, 3.8) is 0 Å². The predicted molar refractivity (Wildman–Crippen MR) is 55.0 cm³/mol. The van der Waals surface area contributed by atoms with E-state index in [1.807, 2.05) is 0 Å². The minimum Gasteiger partial charge on any atom is -0.0692 e. The molecule has 1 aliphatic carbocycles. The third kappa shape index (κ3) is 2.23. The van der Waals surface area contributed by atoms with Gasteiger partial charge in [-0.05, 0) is 31.4 Å². The second kappa shape index (κ2) is 4.10. The lowest BCUT2D eigenvalue weighted by atomic mass is 10.1. The summed E-state index contributed by atoms with van der Waals surface area (Å²) in [7, 11) is 0. The lowest BCUT2D eigenvalue weighted by Crippen LogP contribution is -1.75. The molecule has 12 heavy (non-hydrogen) atoms. The fourth-order valence-electron chi connectivity index (χ4n) is 1.15. The molecule has 0 spiro atoms. The molecular formula is C12H16. The monoisotopic (exact) mass is 160 g/mol. The summed E-state index contributed by atoms with van der Waals surface area (Å²) in [6.07, 6.45) is 12.0. The molecule has 0 unspecified atom stereocenters. The van der Waals surface area contributed by atoms with Crippen LogP contribution < -0.4 is 0 Å². The number of rotatable bonds is 1. The summed E-state index contributed by atoms with van der Waals surface area (Å²) in [6.45, 7) is 6.46. The molecule has 0 aromatic rings. The van der Waals surface area contributed by atoms with Crippen molar-refractivity contribution in [3.05, 3.63) is 47.1 Å². The molecule has 0 aromatic carbocycles. The van der Waals surface area contributed by atoms with Gasteiger partial charge >= 0.3 is 0 Å². The number of hydrogen-bond donors (Lipinski definition) is 0. The minimum atomic E-state index is 1.11. The van der Waals surface area contributed by atoms with Gasteiger partial charge in [0.25, 0.3) is 0 Å². The molecule has 0 aliphatic heterocycles. The van der Waals surface area contributed by atoms with Crippen LogP contribution in [0.25, 0.3) is 0 Å². The highest BCUT2D eigenvalue weighted by atomic mass is 14.0. The van der Waals surface area contributed by atoms with Crippen LogP contribution in [0, 0.1) is 0 Å². The van der Waals surface area contributed by atoms with Gasteiger partial charge in [-0.15, -0.1) is 0 Å². The molecule has 0 saturated heterocycles. The zero-order valence-electron chi connectivity index (χ0n) is 8.09. The molecule has 0 nitrogen and oxygen atoms in total. The molecule has 1 aliphatic rings. The van der Waals surface area contributed by atoms with E-state index in [9.17, 15) is 0 Å². The summed E-state index contributed by atoms with van der Waals surface area (Å²) in [5.74, 6) is 0. The molecule has 0 atom stereocenters. The summed E-state index contributed by atoms with van der Waals surface area (Å²) < 4.78 is 0. The first-order valence-electron chi connectivity index (χ1n) is 4.47. The van der Waals surface area contributed by atoms with Gasteiger partial charge in [-0.3, -0.25) is 0 Å². The first kappa shape index (κ1) is 9.05. The molecule has 0 bridgehead atoms. The van der Waals surface area contributed by atoms with Crippen molar-refractivity contribution in [3.8, 4) is 0 Å². The smallest absolute Gasteiger partial charge is 0.0270 e. The summed E-state index contributed by atoms with van der Waals surface area (Å²) in [6, 6.07) is 0. The predicted octanol–water partition coefficient (Wildman–Crippen LogP) is 3.79. The van der Waals surface area contributed by atoms with E-state index in [-0.39, 0.29) is 0 Å². The largest absolute Gasteiger partial charge is 0.0692 e. The third-order valence-electron chi connectivity index (χ3n) is 2.05.